The van der Waals surface area contributed by atoms with Crippen LogP contribution in [0.3, 0.4) is 0 Å². The van der Waals surface area contributed by atoms with Crippen molar-refractivity contribution in [3.63, 3.8) is 0 Å². The van der Waals surface area contributed by atoms with Gasteiger partial charge < -0.3 is 11.0 Å². The Morgan fingerprint density at radius 2 is 0.857 bits per heavy atom. The minimum absolute atomic E-state index is 0. The monoisotopic (exact) mass is 354 g/mol. The molecule has 0 aliphatic carbocycles. The molecule has 0 aliphatic heterocycles. The third kappa shape index (κ3) is 207. The summed E-state index contributed by atoms with van der Waals surface area (Å²) in [5, 5.41) is 0. The molecule has 0 fully saturated rings. The van der Waals surface area contributed by atoms with Crippen molar-refractivity contribution in [2.24, 2.45) is 0 Å². The van der Waals surface area contributed by atoms with Crippen LogP contribution in [0, 0.1) is 0 Å². The van der Waals surface area contributed by atoms with Crippen molar-refractivity contribution >= 4 is 0 Å². The standard InChI is InChI=1S/5O.W.Zr/q;;;2*-2;;+4. The first-order valence-corrected chi connectivity index (χ1v) is 4.09. The second-order valence-electron chi connectivity index (χ2n) is 0.204. The first kappa shape index (κ1) is 24.7. The Bertz CT molecular complexity index is 77.5. The van der Waals surface area contributed by atoms with Crippen LogP contribution in [-0.2, 0) is 64.5 Å². The van der Waals surface area contributed by atoms with Crippen LogP contribution in [0.1, 0.15) is 0 Å². The minimum Gasteiger partial charge on any atom is 4.00 e. The van der Waals surface area contributed by atoms with Gasteiger partial charge in [0.25, 0.3) is 0 Å². The smallest absolute Gasteiger partial charge is 4.00 e. The van der Waals surface area contributed by atoms with Gasteiger partial charge in [-0.1, -0.05) is 0 Å². The Balaban J connectivity index is -0.0000000150. The van der Waals surface area contributed by atoms with Gasteiger partial charge in [0.1, 0.15) is 0 Å². The summed E-state index contributed by atoms with van der Waals surface area (Å²) in [6, 6.07) is 0. The third-order valence-corrected chi connectivity index (χ3v) is 0. The summed E-state index contributed by atoms with van der Waals surface area (Å²) in [6.45, 7) is 0. The van der Waals surface area contributed by atoms with E-state index >= 15 is 0 Å². The Morgan fingerprint density at radius 1 is 0.857 bits per heavy atom. The van der Waals surface area contributed by atoms with E-state index in [1.54, 1.807) is 0 Å². The van der Waals surface area contributed by atoms with E-state index in [1.165, 1.54) is 0 Å². The molecule has 5 nitrogen and oxygen atoms in total. The molecule has 0 radical (unpaired) electrons. The molecule has 0 aromatic rings. The van der Waals surface area contributed by atoms with E-state index in [0.717, 1.165) is 0 Å². The molecule has 0 atom stereocenters. The molecule has 0 aromatic heterocycles. The molecule has 40 valence electrons. The molecular weight excluding hydrogens is 355 g/mol. The minimum atomic E-state index is -4.28. The second kappa shape index (κ2) is 15.8. The Labute approximate surface area is 64.3 Å². The zero-order valence-corrected chi connectivity index (χ0v) is 8.34. The molecule has 7 heteroatoms. The molecule has 0 unspecified atom stereocenters. The Morgan fingerprint density at radius 3 is 0.857 bits per heavy atom. The summed E-state index contributed by atoms with van der Waals surface area (Å²) in [7, 11) is 0. The summed E-state index contributed by atoms with van der Waals surface area (Å²) in [6.07, 6.45) is 0. The van der Waals surface area contributed by atoms with E-state index in [1.807, 2.05) is 0 Å². The predicted molar refractivity (Wildman–Crippen MR) is 3.43 cm³/mol. The van der Waals surface area contributed by atoms with Crippen LogP contribution in [0.25, 0.3) is 0 Å². The zero-order valence-electron chi connectivity index (χ0n) is 2.95. The molecule has 0 saturated carbocycles. The van der Waals surface area contributed by atoms with Gasteiger partial charge in [0.15, 0.2) is 0 Å². The van der Waals surface area contributed by atoms with E-state index in [0.29, 0.717) is 0 Å². The van der Waals surface area contributed by atoms with E-state index in [-0.39, 0.29) is 37.2 Å². The van der Waals surface area contributed by atoms with Crippen LogP contribution in [0.5, 0.6) is 0 Å². The number of rotatable bonds is 0. The van der Waals surface area contributed by atoms with Gasteiger partial charge in [-0.25, -0.2) is 0 Å². The summed E-state index contributed by atoms with van der Waals surface area (Å²) in [4.78, 5) is 0. The molecule has 0 rings (SSSR count). The van der Waals surface area contributed by atoms with E-state index in [9.17, 15) is 0 Å². The van der Waals surface area contributed by atoms with E-state index in [4.69, 9.17) is 10.2 Å². The van der Waals surface area contributed by atoms with Crippen molar-refractivity contribution in [1.82, 2.24) is 0 Å². The molecule has 0 aromatic carbocycles. The molecule has 0 heterocycles. The van der Waals surface area contributed by atoms with Crippen molar-refractivity contribution in [1.29, 1.82) is 0 Å². The van der Waals surface area contributed by atoms with Crippen molar-refractivity contribution in [2.45, 2.75) is 0 Å². The maximum atomic E-state index is 8.61. The quantitative estimate of drug-likeness (QED) is 0.579. The normalized spacial score (nSPS) is 3.43. The maximum absolute atomic E-state index is 8.61. The van der Waals surface area contributed by atoms with Gasteiger partial charge in [0.05, 0.1) is 0 Å². The number of hydrogen-bond donors (Lipinski definition) is 0. The molecule has 0 N–H and O–H groups in total. The molecule has 0 aliphatic rings. The summed E-state index contributed by atoms with van der Waals surface area (Å²) in [5.41, 5.74) is 0. The van der Waals surface area contributed by atoms with Crippen LogP contribution in [0.15, 0.2) is 0 Å². The fraction of sp³-hybridized carbons (Fsp3) is 0. The first-order valence-electron chi connectivity index (χ1n) is 0.500. The summed E-state index contributed by atoms with van der Waals surface area (Å²) >= 11 is -4.28. The van der Waals surface area contributed by atoms with Gasteiger partial charge in [-0.05, 0) is 0 Å². The first-order chi connectivity index (χ1) is 1.73. The Kier molecular flexibility index (Phi) is 55.8. The van der Waals surface area contributed by atoms with Gasteiger partial charge in [-0.2, -0.15) is 0 Å². The fourth-order valence-electron chi connectivity index (χ4n) is 0. The third-order valence-electron chi connectivity index (χ3n) is 0. The topological polar surface area (TPSA) is 108 Å². The van der Waals surface area contributed by atoms with Gasteiger partial charge in [0, 0.05) is 0 Å². The van der Waals surface area contributed by atoms with Gasteiger partial charge >= 0.3 is 53.6 Å². The van der Waals surface area contributed by atoms with Crippen LogP contribution >= 0.6 is 0 Å². The summed E-state index contributed by atoms with van der Waals surface area (Å²) in [5.74, 6) is 0. The molecule has 0 spiro atoms. The van der Waals surface area contributed by atoms with E-state index in [2.05, 4.69) is 0 Å². The molecular formula is O5WZr. The van der Waals surface area contributed by atoms with Crippen LogP contribution < -0.4 is 0 Å². The predicted octanol–water partition coefficient (Wildman–Crippen LogP) is -0.599. The molecule has 0 bridgehead atoms. The zero-order chi connectivity index (χ0) is 3.58. The summed E-state index contributed by atoms with van der Waals surface area (Å²) < 4.78 is 25.8. The van der Waals surface area contributed by atoms with Gasteiger partial charge in [-0.3, -0.25) is 0 Å². The van der Waals surface area contributed by atoms with E-state index < -0.39 is 17.2 Å². The van der Waals surface area contributed by atoms with Crippen LogP contribution in [0.2, 0.25) is 0 Å². The fourth-order valence-corrected chi connectivity index (χ4v) is 0. The molecule has 0 amide bonds. The maximum Gasteiger partial charge on any atom is 4.00 e. The van der Waals surface area contributed by atoms with Crippen LogP contribution in [-0.4, -0.2) is 0 Å². The molecule has 0 saturated heterocycles. The Hall–Kier alpha value is 0.891. The van der Waals surface area contributed by atoms with Crippen molar-refractivity contribution in [2.75, 3.05) is 0 Å². The average molecular weight is 355 g/mol. The van der Waals surface area contributed by atoms with Crippen LogP contribution in [0.4, 0.5) is 0 Å². The molecule has 7 heavy (non-hydrogen) atoms. The van der Waals surface area contributed by atoms with Crippen molar-refractivity contribution in [3.8, 4) is 0 Å². The van der Waals surface area contributed by atoms with Gasteiger partial charge in [0.2, 0.25) is 0 Å². The largest absolute Gasteiger partial charge is 4.00 e. The van der Waals surface area contributed by atoms with Gasteiger partial charge in [-0.15, -0.1) is 0 Å². The van der Waals surface area contributed by atoms with Crippen molar-refractivity contribution < 1.29 is 64.5 Å². The second-order valence-corrected chi connectivity index (χ2v) is 1.67. The SMILES string of the molecule is [O-2].[O-2].[O]=[W](=[O])=[O].[Zr+4]. The number of hydrogen-bond acceptors (Lipinski definition) is 3. The average Bonchev–Trinajstić information content (AvgIpc) is 0.811. The van der Waals surface area contributed by atoms with Crippen molar-refractivity contribution in [3.05, 3.63) is 0 Å².